The Morgan fingerprint density at radius 2 is 1.17 bits per heavy atom. The van der Waals surface area contributed by atoms with Gasteiger partial charge >= 0.3 is 0 Å². The molecule has 0 aliphatic carbocycles. The number of nitrogens with zero attached hydrogens (tertiary/aromatic N) is 5. The number of aromatic nitrogens is 1. The Labute approximate surface area is 244 Å². The van der Waals surface area contributed by atoms with Crippen molar-refractivity contribution in [3.8, 4) is 0 Å². The number of hydrogen-bond donors (Lipinski definition) is 0. The van der Waals surface area contributed by atoms with Crippen molar-refractivity contribution < 1.29 is 0 Å². The third-order valence-electron chi connectivity index (χ3n) is 7.92. The van der Waals surface area contributed by atoms with E-state index in [0.29, 0.717) is 5.92 Å². The number of fused-ring (bicyclic) bond motifs is 3. The Morgan fingerprint density at radius 3 is 1.61 bits per heavy atom. The second-order valence-electron chi connectivity index (χ2n) is 10.8. The first-order valence-corrected chi connectivity index (χ1v) is 14.8. The van der Waals surface area contributed by atoms with Gasteiger partial charge in [0, 0.05) is 42.4 Å². The van der Waals surface area contributed by atoms with Crippen molar-refractivity contribution in [2.24, 2.45) is 16.1 Å². The summed E-state index contributed by atoms with van der Waals surface area (Å²) in [5.74, 6) is 0.662. The summed E-state index contributed by atoms with van der Waals surface area (Å²) in [7, 11) is 3.96. The van der Waals surface area contributed by atoms with E-state index >= 15 is 0 Å². The predicted octanol–water partition coefficient (Wildman–Crippen LogP) is 8.95. The van der Waals surface area contributed by atoms with E-state index in [1.165, 1.54) is 47.5 Å². The average molecular weight is 544 g/mol. The molecule has 5 heteroatoms. The summed E-state index contributed by atoms with van der Waals surface area (Å²) < 4.78 is 2.53. The standard InChI is InChI=1S/C36H41N5/c1-5-7-14-28(6-2)27-41-35-21-19-29(25-37-39(3)31-15-10-8-11-16-31)23-33(35)34-24-30(20-22-36(34)41)26-38-40(4)32-17-12-9-13-18-32/h8-13,15-26,28H,5-7,14,27H2,1-4H3/b37-25+,38-26+. The molecule has 0 N–H and O–H groups in total. The Kier molecular flexibility index (Phi) is 9.15. The average Bonchev–Trinajstić information content (AvgIpc) is 3.33. The minimum Gasteiger partial charge on any atom is -0.340 e. The molecule has 5 aromatic rings. The normalized spacial score (nSPS) is 12.6. The van der Waals surface area contributed by atoms with Gasteiger partial charge in [0.15, 0.2) is 0 Å². The smallest absolute Gasteiger partial charge is 0.0590 e. The highest BCUT2D eigenvalue weighted by molar-refractivity contribution is 6.11. The van der Waals surface area contributed by atoms with Gasteiger partial charge in [-0.2, -0.15) is 10.2 Å². The first-order valence-electron chi connectivity index (χ1n) is 14.8. The molecule has 0 amide bonds. The van der Waals surface area contributed by atoms with Crippen LogP contribution in [0.15, 0.2) is 107 Å². The molecule has 1 heterocycles. The Hall–Kier alpha value is -4.38. The Bertz CT molecular complexity index is 1510. The summed E-state index contributed by atoms with van der Waals surface area (Å²) >= 11 is 0. The van der Waals surface area contributed by atoms with Crippen LogP contribution in [0, 0.1) is 5.92 Å². The van der Waals surface area contributed by atoms with Crippen LogP contribution in [0.25, 0.3) is 21.8 Å². The molecule has 41 heavy (non-hydrogen) atoms. The van der Waals surface area contributed by atoms with Gasteiger partial charge in [-0.25, -0.2) is 0 Å². The van der Waals surface area contributed by atoms with Crippen molar-refractivity contribution in [1.29, 1.82) is 0 Å². The molecule has 1 aromatic heterocycles. The highest BCUT2D eigenvalue weighted by Crippen LogP contribution is 2.32. The van der Waals surface area contributed by atoms with Gasteiger partial charge in [-0.1, -0.05) is 81.6 Å². The fourth-order valence-corrected chi connectivity index (χ4v) is 5.40. The maximum Gasteiger partial charge on any atom is 0.0590 e. The second kappa shape index (κ2) is 13.3. The zero-order valence-corrected chi connectivity index (χ0v) is 24.7. The fraction of sp³-hybridized carbons (Fsp3) is 0.278. The van der Waals surface area contributed by atoms with Crippen molar-refractivity contribution in [1.82, 2.24) is 4.57 Å². The monoisotopic (exact) mass is 543 g/mol. The van der Waals surface area contributed by atoms with Gasteiger partial charge in [0.2, 0.25) is 0 Å². The number of hydrazone groups is 2. The summed E-state index contributed by atoms with van der Waals surface area (Å²) in [4.78, 5) is 0. The highest BCUT2D eigenvalue weighted by atomic mass is 15.4. The van der Waals surface area contributed by atoms with Gasteiger partial charge in [0.05, 0.1) is 23.8 Å². The predicted molar refractivity (Wildman–Crippen MR) is 178 cm³/mol. The van der Waals surface area contributed by atoms with Crippen LogP contribution in [0.5, 0.6) is 0 Å². The van der Waals surface area contributed by atoms with E-state index in [9.17, 15) is 0 Å². The third-order valence-corrected chi connectivity index (χ3v) is 7.92. The first kappa shape index (κ1) is 28.2. The molecule has 5 nitrogen and oxygen atoms in total. The quantitative estimate of drug-likeness (QED) is 0.116. The van der Waals surface area contributed by atoms with Crippen LogP contribution < -0.4 is 10.0 Å². The molecule has 5 rings (SSSR count). The molecule has 4 aromatic carbocycles. The lowest BCUT2D eigenvalue weighted by atomic mass is 9.99. The molecule has 0 aliphatic heterocycles. The number of benzene rings is 4. The zero-order valence-electron chi connectivity index (χ0n) is 24.7. The minimum atomic E-state index is 0.662. The highest BCUT2D eigenvalue weighted by Gasteiger charge is 2.15. The van der Waals surface area contributed by atoms with Crippen molar-refractivity contribution in [3.63, 3.8) is 0 Å². The van der Waals surface area contributed by atoms with Crippen molar-refractivity contribution in [3.05, 3.63) is 108 Å². The molecule has 1 unspecified atom stereocenters. The summed E-state index contributed by atoms with van der Waals surface area (Å²) in [5.41, 5.74) is 6.84. The molecular weight excluding hydrogens is 502 g/mol. The van der Waals surface area contributed by atoms with Gasteiger partial charge in [0.25, 0.3) is 0 Å². The summed E-state index contributed by atoms with van der Waals surface area (Å²) in [6.45, 7) is 5.64. The maximum absolute atomic E-state index is 4.72. The van der Waals surface area contributed by atoms with Crippen molar-refractivity contribution in [2.75, 3.05) is 24.1 Å². The topological polar surface area (TPSA) is 36.1 Å². The molecule has 0 spiro atoms. The first-order chi connectivity index (χ1) is 20.1. The second-order valence-corrected chi connectivity index (χ2v) is 10.8. The lowest BCUT2D eigenvalue weighted by molar-refractivity contribution is 0.401. The van der Waals surface area contributed by atoms with Crippen molar-refractivity contribution in [2.45, 2.75) is 46.1 Å². The lowest BCUT2D eigenvalue weighted by Gasteiger charge is -2.17. The van der Waals surface area contributed by atoms with E-state index in [1.807, 2.05) is 72.9 Å². The van der Waals surface area contributed by atoms with Gasteiger partial charge in [-0.15, -0.1) is 0 Å². The molecule has 0 saturated carbocycles. The van der Waals surface area contributed by atoms with Crippen molar-refractivity contribution >= 4 is 45.6 Å². The Morgan fingerprint density at radius 1 is 0.683 bits per heavy atom. The summed E-state index contributed by atoms with van der Waals surface area (Å²) in [5, 5.41) is 15.8. The van der Waals surface area contributed by atoms with Crippen LogP contribution in [-0.4, -0.2) is 31.1 Å². The lowest BCUT2D eigenvalue weighted by Crippen LogP contribution is -2.10. The van der Waals surface area contributed by atoms with Crippen LogP contribution in [0.2, 0.25) is 0 Å². The number of rotatable bonds is 12. The SMILES string of the molecule is CCCCC(CC)Cn1c2ccc(/C=N/N(C)c3ccccc3)cc2c2cc(/C=N/N(C)c3ccccc3)ccc21. The maximum atomic E-state index is 4.72. The van der Waals surface area contributed by atoms with Crippen LogP contribution in [0.3, 0.4) is 0 Å². The molecule has 210 valence electrons. The van der Waals surface area contributed by atoms with E-state index in [-0.39, 0.29) is 0 Å². The number of unbranched alkanes of at least 4 members (excludes halogenated alkanes) is 1. The number of anilines is 2. The van der Waals surface area contributed by atoms with Crippen LogP contribution in [0.1, 0.15) is 50.7 Å². The molecule has 1 atom stereocenters. The van der Waals surface area contributed by atoms with E-state index < -0.39 is 0 Å². The molecule has 0 bridgehead atoms. The number of hydrogen-bond acceptors (Lipinski definition) is 4. The molecule has 0 aliphatic rings. The molecule has 0 radical (unpaired) electrons. The van der Waals surface area contributed by atoms with E-state index in [4.69, 9.17) is 10.2 Å². The summed E-state index contributed by atoms with van der Waals surface area (Å²) in [6.07, 6.45) is 8.87. The van der Waals surface area contributed by atoms with Crippen LogP contribution >= 0.6 is 0 Å². The van der Waals surface area contributed by atoms with Crippen LogP contribution in [-0.2, 0) is 6.54 Å². The molecular formula is C36H41N5. The van der Waals surface area contributed by atoms with Gasteiger partial charge in [0.1, 0.15) is 0 Å². The van der Waals surface area contributed by atoms with Gasteiger partial charge in [-0.05, 0) is 72.0 Å². The van der Waals surface area contributed by atoms with E-state index in [0.717, 1.165) is 29.0 Å². The third kappa shape index (κ3) is 6.68. The minimum absolute atomic E-state index is 0.662. The Balaban J connectivity index is 1.52. The number of para-hydroxylation sites is 2. The fourth-order valence-electron chi connectivity index (χ4n) is 5.40. The largest absolute Gasteiger partial charge is 0.340 e. The van der Waals surface area contributed by atoms with E-state index in [1.54, 1.807) is 0 Å². The van der Waals surface area contributed by atoms with Gasteiger partial charge < -0.3 is 4.57 Å². The van der Waals surface area contributed by atoms with E-state index in [2.05, 4.69) is 79.1 Å². The van der Waals surface area contributed by atoms with Crippen LogP contribution in [0.4, 0.5) is 11.4 Å². The van der Waals surface area contributed by atoms with Gasteiger partial charge in [-0.3, -0.25) is 10.0 Å². The summed E-state index contributed by atoms with van der Waals surface area (Å²) in [6, 6.07) is 33.9. The zero-order chi connectivity index (χ0) is 28.6. The molecule has 0 saturated heterocycles. The molecule has 0 fully saturated rings.